The van der Waals surface area contributed by atoms with E-state index in [1.807, 2.05) is 0 Å². The van der Waals surface area contributed by atoms with E-state index in [-0.39, 0.29) is 17.4 Å². The second-order valence-electron chi connectivity index (χ2n) is 6.99. The Hall–Kier alpha value is -2.78. The first-order chi connectivity index (χ1) is 14.3. The molecule has 162 valence electrons. The van der Waals surface area contributed by atoms with Crippen LogP contribution in [0, 0.1) is 0 Å². The molecule has 2 aromatic rings. The number of hydrogen-bond donors (Lipinski definition) is 1. The Balaban J connectivity index is 1.70. The summed E-state index contributed by atoms with van der Waals surface area (Å²) in [4.78, 5) is 13.8. The summed E-state index contributed by atoms with van der Waals surface area (Å²) in [6.07, 6.45) is 1.18. The van der Waals surface area contributed by atoms with Crippen LogP contribution >= 0.6 is 0 Å². The zero-order valence-corrected chi connectivity index (χ0v) is 18.1. The summed E-state index contributed by atoms with van der Waals surface area (Å²) < 4.78 is 44.4. The maximum atomic E-state index is 12.9. The molecule has 1 heterocycles. The highest BCUT2D eigenvalue weighted by molar-refractivity contribution is 7.89. The lowest BCUT2D eigenvalue weighted by Crippen LogP contribution is -2.37. The summed E-state index contributed by atoms with van der Waals surface area (Å²) >= 11 is 0. The number of benzene rings is 2. The van der Waals surface area contributed by atoms with Crippen LogP contribution in [0.3, 0.4) is 0 Å². The summed E-state index contributed by atoms with van der Waals surface area (Å²) in [6, 6.07) is 11.1. The van der Waals surface area contributed by atoms with Crippen LogP contribution in [-0.4, -0.2) is 47.7 Å². The van der Waals surface area contributed by atoms with E-state index in [0.717, 1.165) is 6.42 Å². The zero-order valence-electron chi connectivity index (χ0n) is 17.3. The second kappa shape index (κ2) is 9.36. The van der Waals surface area contributed by atoms with E-state index >= 15 is 0 Å². The van der Waals surface area contributed by atoms with Crippen LogP contribution in [0.25, 0.3) is 0 Å². The number of nitrogens with zero attached hydrogens (tertiary/aromatic N) is 1. The number of hydrogen-bond acceptors (Lipinski definition) is 6. The van der Waals surface area contributed by atoms with Crippen LogP contribution < -0.4 is 23.8 Å². The molecule has 1 amide bonds. The number of rotatable bonds is 9. The van der Waals surface area contributed by atoms with Crippen molar-refractivity contribution < 1.29 is 27.4 Å². The van der Waals surface area contributed by atoms with Crippen molar-refractivity contribution in [2.45, 2.75) is 30.7 Å². The predicted octanol–water partition coefficient (Wildman–Crippen LogP) is 2.58. The summed E-state index contributed by atoms with van der Waals surface area (Å²) in [5.74, 6) is 1.74. The highest BCUT2D eigenvalue weighted by Crippen LogP contribution is 2.33. The van der Waals surface area contributed by atoms with Crippen molar-refractivity contribution in [3.05, 3.63) is 42.5 Å². The molecule has 1 fully saturated rings. The molecule has 0 bridgehead atoms. The van der Waals surface area contributed by atoms with Gasteiger partial charge in [-0.05, 0) is 55.8 Å². The van der Waals surface area contributed by atoms with Gasteiger partial charge in [-0.3, -0.25) is 4.79 Å². The van der Waals surface area contributed by atoms with Crippen molar-refractivity contribution in [3.8, 4) is 17.2 Å². The van der Waals surface area contributed by atoms with Gasteiger partial charge >= 0.3 is 0 Å². The Morgan fingerprint density at radius 3 is 2.37 bits per heavy atom. The second-order valence-corrected chi connectivity index (χ2v) is 8.71. The van der Waals surface area contributed by atoms with Crippen molar-refractivity contribution in [3.63, 3.8) is 0 Å². The smallest absolute Gasteiger partial charge is 0.241 e. The molecule has 1 saturated heterocycles. The van der Waals surface area contributed by atoms with Gasteiger partial charge < -0.3 is 19.1 Å². The Bertz CT molecular complexity index is 991. The Morgan fingerprint density at radius 2 is 1.77 bits per heavy atom. The van der Waals surface area contributed by atoms with Gasteiger partial charge in [0, 0.05) is 13.0 Å². The van der Waals surface area contributed by atoms with Crippen LogP contribution in [0.1, 0.15) is 19.8 Å². The molecule has 30 heavy (non-hydrogen) atoms. The molecule has 0 spiro atoms. The molecule has 1 N–H and O–H groups in total. The molecule has 9 heteroatoms. The van der Waals surface area contributed by atoms with E-state index in [1.165, 1.54) is 19.2 Å². The number of ether oxygens (including phenoxy) is 3. The Kier molecular flexibility index (Phi) is 6.84. The SMILES string of the molecule is COc1ccc(OC[C@@H](C)NS(=O)(=O)c2ccc(OC)c(N3CCCC3=O)c2)cc1. The molecule has 0 saturated carbocycles. The highest BCUT2D eigenvalue weighted by atomic mass is 32.2. The molecular weight excluding hydrogens is 408 g/mol. The third-order valence-corrected chi connectivity index (χ3v) is 6.33. The first kappa shape index (κ1) is 21.9. The van der Waals surface area contributed by atoms with E-state index in [2.05, 4.69) is 4.72 Å². The standard InChI is InChI=1S/C21H26N2O6S/c1-15(14-29-17-8-6-16(27-2)7-9-17)22-30(25,26)18-10-11-20(28-3)19(13-18)23-12-4-5-21(23)24/h6-11,13,15,22H,4-5,12,14H2,1-3H3/t15-/m1/s1. The normalized spacial score (nSPS) is 15.2. The molecule has 1 atom stereocenters. The van der Waals surface area contributed by atoms with Gasteiger partial charge in [0.15, 0.2) is 0 Å². The molecule has 1 aliphatic heterocycles. The van der Waals surface area contributed by atoms with Crippen LogP contribution in [0.2, 0.25) is 0 Å². The van der Waals surface area contributed by atoms with Crippen molar-refractivity contribution in [2.75, 3.05) is 32.3 Å². The summed E-state index contributed by atoms with van der Waals surface area (Å²) in [7, 11) is -0.742. The van der Waals surface area contributed by atoms with Crippen molar-refractivity contribution in [1.82, 2.24) is 4.72 Å². The fourth-order valence-electron chi connectivity index (χ4n) is 3.21. The van der Waals surface area contributed by atoms with E-state index < -0.39 is 16.1 Å². The summed E-state index contributed by atoms with van der Waals surface area (Å²) in [5.41, 5.74) is 0.463. The van der Waals surface area contributed by atoms with Gasteiger partial charge in [0.05, 0.1) is 30.8 Å². The van der Waals surface area contributed by atoms with Gasteiger partial charge in [-0.15, -0.1) is 0 Å². The third-order valence-electron chi connectivity index (χ3n) is 4.74. The van der Waals surface area contributed by atoms with Crippen molar-refractivity contribution in [1.29, 1.82) is 0 Å². The van der Waals surface area contributed by atoms with Crippen LogP contribution in [-0.2, 0) is 14.8 Å². The van der Waals surface area contributed by atoms with Gasteiger partial charge in [0.2, 0.25) is 15.9 Å². The van der Waals surface area contributed by atoms with Gasteiger partial charge in [-0.1, -0.05) is 0 Å². The van der Waals surface area contributed by atoms with Crippen LogP contribution in [0.4, 0.5) is 5.69 Å². The fraction of sp³-hybridized carbons (Fsp3) is 0.381. The fourth-order valence-corrected chi connectivity index (χ4v) is 4.46. The third kappa shape index (κ3) is 5.03. The van der Waals surface area contributed by atoms with E-state index in [4.69, 9.17) is 14.2 Å². The lowest BCUT2D eigenvalue weighted by molar-refractivity contribution is -0.117. The van der Waals surface area contributed by atoms with Crippen LogP contribution in [0.15, 0.2) is 47.4 Å². The van der Waals surface area contributed by atoms with Crippen molar-refractivity contribution >= 4 is 21.6 Å². The van der Waals surface area contributed by atoms with Gasteiger partial charge in [-0.2, -0.15) is 0 Å². The van der Waals surface area contributed by atoms with Gasteiger partial charge in [-0.25, -0.2) is 13.1 Å². The Morgan fingerprint density at radius 1 is 1.07 bits per heavy atom. The van der Waals surface area contributed by atoms with E-state index in [9.17, 15) is 13.2 Å². The summed E-state index contributed by atoms with van der Waals surface area (Å²) in [6.45, 7) is 2.41. The minimum atomic E-state index is -3.81. The van der Waals surface area contributed by atoms with E-state index in [0.29, 0.717) is 35.9 Å². The number of carbonyl (C=O) groups excluding carboxylic acids is 1. The number of carbonyl (C=O) groups is 1. The maximum absolute atomic E-state index is 12.9. The number of nitrogens with one attached hydrogen (secondary N) is 1. The monoisotopic (exact) mass is 434 g/mol. The summed E-state index contributed by atoms with van der Waals surface area (Å²) in [5, 5.41) is 0. The lowest BCUT2D eigenvalue weighted by Gasteiger charge is -2.21. The molecule has 0 aliphatic carbocycles. The minimum Gasteiger partial charge on any atom is -0.497 e. The van der Waals surface area contributed by atoms with Gasteiger partial charge in [0.1, 0.15) is 23.9 Å². The number of sulfonamides is 1. The average molecular weight is 435 g/mol. The maximum Gasteiger partial charge on any atom is 0.241 e. The van der Waals surface area contributed by atoms with Crippen molar-refractivity contribution in [2.24, 2.45) is 0 Å². The first-order valence-electron chi connectivity index (χ1n) is 9.61. The number of anilines is 1. The Labute approximate surface area is 176 Å². The molecule has 0 unspecified atom stereocenters. The topological polar surface area (TPSA) is 94.2 Å². The number of methoxy groups -OCH3 is 2. The minimum absolute atomic E-state index is 0.0444. The molecule has 1 aliphatic rings. The molecule has 0 radical (unpaired) electrons. The highest BCUT2D eigenvalue weighted by Gasteiger charge is 2.27. The molecule has 8 nitrogen and oxygen atoms in total. The van der Waals surface area contributed by atoms with E-state index in [1.54, 1.807) is 49.3 Å². The molecule has 0 aromatic heterocycles. The predicted molar refractivity (Wildman–Crippen MR) is 113 cm³/mol. The zero-order chi connectivity index (χ0) is 21.7. The largest absolute Gasteiger partial charge is 0.497 e. The average Bonchev–Trinajstić information content (AvgIpc) is 3.17. The van der Waals surface area contributed by atoms with Gasteiger partial charge in [0.25, 0.3) is 0 Å². The lowest BCUT2D eigenvalue weighted by atomic mass is 10.2. The quantitative estimate of drug-likeness (QED) is 0.652. The first-order valence-corrected chi connectivity index (χ1v) is 11.1. The molecule has 3 rings (SSSR count). The number of amides is 1. The molecule has 2 aromatic carbocycles. The molecular formula is C21H26N2O6S. The van der Waals surface area contributed by atoms with Crippen LogP contribution in [0.5, 0.6) is 17.2 Å².